The summed E-state index contributed by atoms with van der Waals surface area (Å²) < 4.78 is 19.1. The molecule has 0 amide bonds. The topological polar surface area (TPSA) is 45.6 Å². The SMILES string of the molecule is COc1ccc([C@@H](CO)N(C)Cc2cc(F)cc3cccnc23)cc1. The van der Waals surface area contributed by atoms with Crippen LogP contribution in [0.25, 0.3) is 10.9 Å². The minimum Gasteiger partial charge on any atom is -0.497 e. The Bertz CT molecular complexity index is 852. The highest BCUT2D eigenvalue weighted by atomic mass is 19.1. The lowest BCUT2D eigenvalue weighted by molar-refractivity contribution is 0.142. The maximum absolute atomic E-state index is 13.9. The van der Waals surface area contributed by atoms with Gasteiger partial charge in [-0.05, 0) is 48.5 Å². The number of benzene rings is 2. The van der Waals surface area contributed by atoms with E-state index in [1.165, 1.54) is 12.1 Å². The Morgan fingerprint density at radius 3 is 2.64 bits per heavy atom. The van der Waals surface area contributed by atoms with Crippen molar-refractivity contribution in [2.45, 2.75) is 12.6 Å². The molecule has 0 aliphatic heterocycles. The third-order valence-electron chi connectivity index (χ3n) is 4.37. The Kier molecular flexibility index (Phi) is 5.26. The summed E-state index contributed by atoms with van der Waals surface area (Å²) in [5, 5.41) is 10.6. The lowest BCUT2D eigenvalue weighted by Crippen LogP contribution is -2.27. The van der Waals surface area contributed by atoms with Gasteiger partial charge in [0.25, 0.3) is 0 Å². The fraction of sp³-hybridized carbons (Fsp3) is 0.250. The standard InChI is InChI=1S/C20H21FN2O2/c1-23(19(13-24)14-5-7-18(25-2)8-6-14)12-16-11-17(21)10-15-4-3-9-22-20(15)16/h3-11,19,24H,12-13H2,1-2H3/t19-/m1/s1. The Labute approximate surface area is 146 Å². The maximum atomic E-state index is 13.9. The predicted octanol–water partition coefficient (Wildman–Crippen LogP) is 3.55. The molecule has 0 bridgehead atoms. The molecule has 0 spiro atoms. The van der Waals surface area contributed by atoms with Crippen molar-refractivity contribution in [1.82, 2.24) is 9.88 Å². The van der Waals surface area contributed by atoms with Crippen LogP contribution in [0, 0.1) is 5.82 Å². The van der Waals surface area contributed by atoms with Crippen LogP contribution in [0.5, 0.6) is 5.75 Å². The largest absolute Gasteiger partial charge is 0.497 e. The fourth-order valence-corrected chi connectivity index (χ4v) is 3.05. The lowest BCUT2D eigenvalue weighted by Gasteiger charge is -2.27. The average Bonchev–Trinajstić information content (AvgIpc) is 2.62. The Balaban J connectivity index is 1.88. The molecule has 5 heteroatoms. The fourth-order valence-electron chi connectivity index (χ4n) is 3.05. The van der Waals surface area contributed by atoms with Crippen molar-refractivity contribution >= 4 is 10.9 Å². The number of hydrogen-bond acceptors (Lipinski definition) is 4. The minimum atomic E-state index is -0.283. The van der Waals surface area contributed by atoms with Crippen molar-refractivity contribution in [3.63, 3.8) is 0 Å². The van der Waals surface area contributed by atoms with Crippen LogP contribution in [0.1, 0.15) is 17.2 Å². The van der Waals surface area contributed by atoms with E-state index in [2.05, 4.69) is 4.98 Å². The van der Waals surface area contributed by atoms with E-state index in [-0.39, 0.29) is 18.5 Å². The van der Waals surface area contributed by atoms with E-state index in [1.807, 2.05) is 42.3 Å². The maximum Gasteiger partial charge on any atom is 0.124 e. The smallest absolute Gasteiger partial charge is 0.124 e. The molecule has 0 unspecified atom stereocenters. The second kappa shape index (κ2) is 7.59. The van der Waals surface area contributed by atoms with Crippen molar-refractivity contribution in [2.75, 3.05) is 20.8 Å². The highest BCUT2D eigenvalue weighted by Gasteiger charge is 2.18. The van der Waals surface area contributed by atoms with E-state index < -0.39 is 0 Å². The van der Waals surface area contributed by atoms with Crippen molar-refractivity contribution in [1.29, 1.82) is 0 Å². The molecule has 4 nitrogen and oxygen atoms in total. The molecule has 0 radical (unpaired) electrons. The first-order valence-electron chi connectivity index (χ1n) is 8.10. The van der Waals surface area contributed by atoms with E-state index in [4.69, 9.17) is 4.74 Å². The zero-order valence-corrected chi connectivity index (χ0v) is 14.3. The Hall–Kier alpha value is -2.50. The number of methoxy groups -OCH3 is 1. The van der Waals surface area contributed by atoms with Crippen molar-refractivity contribution in [3.05, 3.63) is 71.7 Å². The van der Waals surface area contributed by atoms with Crippen LogP contribution in [-0.4, -0.2) is 35.8 Å². The summed E-state index contributed by atoms with van der Waals surface area (Å²) in [6.07, 6.45) is 1.71. The van der Waals surface area contributed by atoms with Crippen LogP contribution in [0.3, 0.4) is 0 Å². The zero-order valence-electron chi connectivity index (χ0n) is 14.3. The number of rotatable bonds is 6. The summed E-state index contributed by atoms with van der Waals surface area (Å²) >= 11 is 0. The van der Waals surface area contributed by atoms with Crippen LogP contribution in [0.15, 0.2) is 54.7 Å². The molecule has 0 aliphatic carbocycles. The molecule has 0 saturated heterocycles. The average molecular weight is 340 g/mol. The number of ether oxygens (including phenoxy) is 1. The summed E-state index contributed by atoms with van der Waals surface area (Å²) in [5.74, 6) is 0.484. The van der Waals surface area contributed by atoms with Crippen molar-refractivity contribution < 1.29 is 14.2 Å². The number of aromatic nitrogens is 1. The molecule has 1 atom stereocenters. The number of fused-ring (bicyclic) bond motifs is 1. The number of aliphatic hydroxyl groups excluding tert-OH is 1. The normalized spacial score (nSPS) is 12.5. The van der Waals surface area contributed by atoms with Crippen molar-refractivity contribution in [2.24, 2.45) is 0 Å². The molecule has 3 rings (SSSR count). The van der Waals surface area contributed by atoms with E-state index in [1.54, 1.807) is 19.4 Å². The number of pyridine rings is 1. The molecular weight excluding hydrogens is 319 g/mol. The van der Waals surface area contributed by atoms with E-state index >= 15 is 0 Å². The predicted molar refractivity (Wildman–Crippen MR) is 96.0 cm³/mol. The molecule has 3 aromatic rings. The van der Waals surface area contributed by atoms with Crippen LogP contribution in [0.4, 0.5) is 4.39 Å². The van der Waals surface area contributed by atoms with E-state index in [9.17, 15) is 9.50 Å². The second-order valence-electron chi connectivity index (χ2n) is 6.03. The van der Waals surface area contributed by atoms with Gasteiger partial charge < -0.3 is 9.84 Å². The zero-order chi connectivity index (χ0) is 17.8. The van der Waals surface area contributed by atoms with Crippen LogP contribution < -0.4 is 4.74 Å². The molecule has 0 saturated carbocycles. The Morgan fingerprint density at radius 1 is 1.20 bits per heavy atom. The highest BCUT2D eigenvalue weighted by molar-refractivity contribution is 5.81. The van der Waals surface area contributed by atoms with Crippen LogP contribution in [0.2, 0.25) is 0 Å². The van der Waals surface area contributed by atoms with E-state index in [0.29, 0.717) is 6.54 Å². The number of nitrogens with zero attached hydrogens (tertiary/aromatic N) is 2. The summed E-state index contributed by atoms with van der Waals surface area (Å²) in [6.45, 7) is 0.437. The lowest BCUT2D eigenvalue weighted by atomic mass is 10.0. The van der Waals surface area contributed by atoms with Gasteiger partial charge in [-0.3, -0.25) is 9.88 Å². The third-order valence-corrected chi connectivity index (χ3v) is 4.37. The minimum absolute atomic E-state index is 0.0382. The molecule has 1 aromatic heterocycles. The summed E-state index contributed by atoms with van der Waals surface area (Å²) in [4.78, 5) is 6.37. The molecule has 130 valence electrons. The molecule has 1 N–H and O–H groups in total. The summed E-state index contributed by atoms with van der Waals surface area (Å²) in [5.41, 5.74) is 2.55. The van der Waals surface area contributed by atoms with Gasteiger partial charge in [-0.1, -0.05) is 18.2 Å². The molecule has 1 heterocycles. The van der Waals surface area contributed by atoms with Crippen LogP contribution in [-0.2, 0) is 6.54 Å². The molecule has 0 aliphatic rings. The molecular formula is C20H21FN2O2. The first-order chi connectivity index (χ1) is 12.1. The second-order valence-corrected chi connectivity index (χ2v) is 6.03. The monoisotopic (exact) mass is 340 g/mol. The van der Waals surface area contributed by atoms with Gasteiger partial charge in [0.15, 0.2) is 0 Å². The molecule has 0 fully saturated rings. The van der Waals surface area contributed by atoms with Gasteiger partial charge in [0.2, 0.25) is 0 Å². The van der Waals surface area contributed by atoms with Gasteiger partial charge >= 0.3 is 0 Å². The number of likely N-dealkylation sites (N-methyl/N-ethyl adjacent to an activating group) is 1. The summed E-state index contributed by atoms with van der Waals surface area (Å²) in [6, 6.07) is 14.0. The summed E-state index contributed by atoms with van der Waals surface area (Å²) in [7, 11) is 3.53. The third kappa shape index (κ3) is 3.78. The number of hydrogen-bond donors (Lipinski definition) is 1. The first-order valence-corrected chi connectivity index (χ1v) is 8.10. The van der Waals surface area contributed by atoms with Gasteiger partial charge in [0.1, 0.15) is 11.6 Å². The van der Waals surface area contributed by atoms with Gasteiger partial charge in [0, 0.05) is 18.1 Å². The molecule has 2 aromatic carbocycles. The number of halogens is 1. The Morgan fingerprint density at radius 2 is 1.96 bits per heavy atom. The van der Waals surface area contributed by atoms with E-state index in [0.717, 1.165) is 27.8 Å². The van der Waals surface area contributed by atoms with Crippen molar-refractivity contribution in [3.8, 4) is 5.75 Å². The number of aliphatic hydroxyl groups is 1. The molecule has 25 heavy (non-hydrogen) atoms. The van der Waals surface area contributed by atoms with Crippen LogP contribution >= 0.6 is 0 Å². The quantitative estimate of drug-likeness (QED) is 0.745. The van der Waals surface area contributed by atoms with Gasteiger partial charge in [-0.2, -0.15) is 0 Å². The van der Waals surface area contributed by atoms with Gasteiger partial charge in [-0.25, -0.2) is 4.39 Å². The highest BCUT2D eigenvalue weighted by Crippen LogP contribution is 2.26. The van der Waals surface area contributed by atoms with Gasteiger partial charge in [0.05, 0.1) is 25.3 Å². The first kappa shape index (κ1) is 17.3. The van der Waals surface area contributed by atoms with Gasteiger partial charge in [-0.15, -0.1) is 0 Å².